The number of nitrogens with zero attached hydrogens (tertiary/aromatic N) is 2. The molecule has 3 aliphatic heterocycles. The number of carbonyl (C=O) groups is 2. The molecule has 1 amide bonds. The normalized spacial score (nSPS) is 20.0. The smallest absolute Gasteiger partial charge is 0.338 e. The summed E-state index contributed by atoms with van der Waals surface area (Å²) in [6, 6.07) is 14.4. The largest absolute Gasteiger partial charge is 0.493 e. The number of aliphatic imine (C=N–C) groups is 1. The number of rotatable bonds is 10. The van der Waals surface area contributed by atoms with Crippen LogP contribution in [0.1, 0.15) is 43.4 Å². The molecule has 1 fully saturated rings. The third-order valence-electron chi connectivity index (χ3n) is 6.97. The molecule has 40 heavy (non-hydrogen) atoms. The minimum Gasteiger partial charge on any atom is -0.493 e. The van der Waals surface area contributed by atoms with Crippen molar-refractivity contribution in [2.75, 3.05) is 34.0 Å². The van der Waals surface area contributed by atoms with Gasteiger partial charge in [0.05, 0.1) is 50.7 Å². The molecule has 2 aromatic carbocycles. The van der Waals surface area contributed by atoms with Crippen molar-refractivity contribution >= 4 is 34.5 Å². The van der Waals surface area contributed by atoms with Gasteiger partial charge in [-0.05, 0) is 31.2 Å². The second-order valence-electron chi connectivity index (χ2n) is 9.44. The summed E-state index contributed by atoms with van der Waals surface area (Å²) in [6.45, 7) is 3.17. The number of esters is 1. The molecule has 1 saturated heterocycles. The van der Waals surface area contributed by atoms with Crippen molar-refractivity contribution in [3.05, 3.63) is 76.3 Å². The zero-order valence-corrected chi connectivity index (χ0v) is 23.7. The van der Waals surface area contributed by atoms with E-state index in [1.165, 1.54) is 11.8 Å². The van der Waals surface area contributed by atoms with Gasteiger partial charge in [-0.2, -0.15) is 0 Å². The number of amidine groups is 1. The van der Waals surface area contributed by atoms with Gasteiger partial charge in [0.15, 0.2) is 16.7 Å². The highest BCUT2D eigenvalue weighted by molar-refractivity contribution is 8.16. The summed E-state index contributed by atoms with van der Waals surface area (Å²) in [5.41, 5.74) is 3.07. The van der Waals surface area contributed by atoms with E-state index >= 15 is 0 Å². The number of amides is 1. The number of hydrogen-bond donors (Lipinski definition) is 1. The molecule has 0 saturated carbocycles. The molecule has 0 radical (unpaired) electrons. The number of fused-ring (bicyclic) bond motifs is 1. The summed E-state index contributed by atoms with van der Waals surface area (Å²) in [6.07, 6.45) is 2.10. The van der Waals surface area contributed by atoms with E-state index in [-0.39, 0.29) is 25.0 Å². The van der Waals surface area contributed by atoms with Gasteiger partial charge in [-0.1, -0.05) is 54.2 Å². The highest BCUT2D eigenvalue weighted by Gasteiger charge is 2.44. The van der Waals surface area contributed by atoms with Crippen molar-refractivity contribution in [1.82, 2.24) is 10.2 Å². The topological polar surface area (TPSA) is 98.7 Å². The van der Waals surface area contributed by atoms with Gasteiger partial charge in [0.25, 0.3) is 0 Å². The third kappa shape index (κ3) is 5.59. The van der Waals surface area contributed by atoms with Gasteiger partial charge in [-0.3, -0.25) is 4.79 Å². The Bertz CT molecular complexity index is 1350. The summed E-state index contributed by atoms with van der Waals surface area (Å²) >= 11 is 1.42. The van der Waals surface area contributed by atoms with Gasteiger partial charge >= 0.3 is 5.97 Å². The molecule has 3 heterocycles. The molecule has 5 rings (SSSR count). The Hall–Kier alpha value is -3.76. The number of hydrogen-bond acceptors (Lipinski definition) is 9. The Morgan fingerprint density at radius 1 is 1.12 bits per heavy atom. The molecule has 210 valence electrons. The zero-order chi connectivity index (χ0) is 28.1. The second-order valence-corrected chi connectivity index (χ2v) is 10.3. The highest BCUT2D eigenvalue weighted by Crippen LogP contribution is 2.50. The average Bonchev–Trinajstić information content (AvgIpc) is 3.65. The minimum absolute atomic E-state index is 0.0450. The average molecular weight is 564 g/mol. The molecule has 0 bridgehead atoms. The lowest BCUT2D eigenvalue weighted by atomic mass is 9.90. The minimum atomic E-state index is -0.681. The van der Waals surface area contributed by atoms with E-state index in [1.54, 1.807) is 27.2 Å². The van der Waals surface area contributed by atoms with Crippen molar-refractivity contribution in [2.45, 2.75) is 38.3 Å². The van der Waals surface area contributed by atoms with E-state index in [0.717, 1.165) is 30.7 Å². The molecule has 9 nitrogen and oxygen atoms in total. The van der Waals surface area contributed by atoms with Gasteiger partial charge in [0.1, 0.15) is 0 Å². The summed E-state index contributed by atoms with van der Waals surface area (Å²) in [4.78, 5) is 33.7. The van der Waals surface area contributed by atoms with E-state index in [2.05, 4.69) is 5.32 Å². The van der Waals surface area contributed by atoms with Crippen LogP contribution in [0.3, 0.4) is 0 Å². The number of thioether (sulfide) groups is 1. The van der Waals surface area contributed by atoms with Crippen LogP contribution in [0.15, 0.2) is 70.2 Å². The van der Waals surface area contributed by atoms with Crippen LogP contribution >= 0.6 is 11.8 Å². The number of benzene rings is 2. The van der Waals surface area contributed by atoms with Gasteiger partial charge in [0.2, 0.25) is 5.91 Å². The van der Waals surface area contributed by atoms with Crippen molar-refractivity contribution in [2.24, 2.45) is 4.99 Å². The first-order chi connectivity index (χ1) is 19.5. The van der Waals surface area contributed by atoms with Gasteiger partial charge in [-0.15, -0.1) is 0 Å². The lowest BCUT2D eigenvalue weighted by Crippen LogP contribution is -2.39. The third-order valence-corrected chi connectivity index (χ3v) is 7.86. The lowest BCUT2D eigenvalue weighted by molar-refractivity contribution is -0.139. The van der Waals surface area contributed by atoms with Gasteiger partial charge in [0, 0.05) is 30.0 Å². The first-order valence-corrected chi connectivity index (χ1v) is 14.2. The van der Waals surface area contributed by atoms with E-state index in [9.17, 15) is 9.59 Å². The first kappa shape index (κ1) is 27.8. The predicted molar refractivity (Wildman–Crippen MR) is 154 cm³/mol. The monoisotopic (exact) mass is 563 g/mol. The molecule has 1 N–H and O–H groups in total. The lowest BCUT2D eigenvalue weighted by Gasteiger charge is -2.37. The number of carbonyl (C=O) groups excluding carboxylic acids is 2. The molecular formula is C30H33N3O6S. The molecule has 2 atom stereocenters. The van der Waals surface area contributed by atoms with Crippen LogP contribution in [-0.4, -0.2) is 62.0 Å². The van der Waals surface area contributed by atoms with Crippen molar-refractivity contribution in [1.29, 1.82) is 0 Å². The Kier molecular flexibility index (Phi) is 8.76. The second kappa shape index (κ2) is 12.6. The van der Waals surface area contributed by atoms with Crippen molar-refractivity contribution in [3.63, 3.8) is 0 Å². The van der Waals surface area contributed by atoms with E-state index in [4.69, 9.17) is 23.9 Å². The summed E-state index contributed by atoms with van der Waals surface area (Å²) in [5, 5.41) is 5.58. The van der Waals surface area contributed by atoms with E-state index < -0.39 is 12.0 Å². The fourth-order valence-electron chi connectivity index (χ4n) is 5.17. The summed E-state index contributed by atoms with van der Waals surface area (Å²) in [7, 11) is 3.14. The molecule has 0 spiro atoms. The van der Waals surface area contributed by atoms with Crippen LogP contribution < -0.4 is 14.8 Å². The molecule has 0 aromatic heterocycles. The fourth-order valence-corrected chi connectivity index (χ4v) is 6.09. The van der Waals surface area contributed by atoms with Crippen LogP contribution in [0.5, 0.6) is 11.5 Å². The Morgan fingerprint density at radius 3 is 2.65 bits per heavy atom. The fraction of sp³-hybridized carbons (Fsp3) is 0.367. The van der Waals surface area contributed by atoms with Crippen LogP contribution in [0.25, 0.3) is 5.70 Å². The van der Waals surface area contributed by atoms with E-state index in [0.29, 0.717) is 40.0 Å². The molecular weight excluding hydrogens is 530 g/mol. The van der Waals surface area contributed by atoms with Crippen LogP contribution in [0.2, 0.25) is 0 Å². The molecule has 3 aliphatic rings. The zero-order valence-electron chi connectivity index (χ0n) is 22.8. The first-order valence-electron chi connectivity index (χ1n) is 13.3. The quantitative estimate of drug-likeness (QED) is 0.417. The maximum absolute atomic E-state index is 13.7. The van der Waals surface area contributed by atoms with Crippen molar-refractivity contribution < 1.29 is 28.5 Å². The van der Waals surface area contributed by atoms with Crippen LogP contribution in [0.4, 0.5) is 0 Å². The van der Waals surface area contributed by atoms with Gasteiger partial charge < -0.3 is 29.2 Å². The van der Waals surface area contributed by atoms with Gasteiger partial charge in [-0.25, -0.2) is 9.79 Å². The number of nitrogens with one attached hydrogen (secondary N) is 1. The summed E-state index contributed by atoms with van der Waals surface area (Å²) in [5.74, 6) is 0.401. The SMILES string of the molecule is CCOC(=O)C1=C(c2ccccc2)N=C2SC=C(CC(=O)NCC3CCCO3)N2C1c1cccc(OC)c1OC. The maximum atomic E-state index is 13.7. The number of ether oxygens (including phenoxy) is 4. The Balaban J connectivity index is 1.59. The van der Waals surface area contributed by atoms with Crippen LogP contribution in [-0.2, 0) is 19.1 Å². The Morgan fingerprint density at radius 2 is 1.95 bits per heavy atom. The Labute approximate surface area is 238 Å². The number of para-hydroxylation sites is 1. The number of methoxy groups -OCH3 is 2. The molecule has 2 aromatic rings. The molecule has 2 unspecified atom stereocenters. The standard InChI is InChI=1S/C30H33N3O6S/c1-4-38-29(35)25-26(19-10-6-5-7-11-19)32-30-33(27(25)22-13-8-14-23(36-2)28(22)37-3)20(18-40-30)16-24(34)31-17-21-12-9-15-39-21/h5-8,10-11,13-14,18,21,27H,4,9,12,15-17H2,1-3H3,(H,31,34). The van der Waals surface area contributed by atoms with Crippen LogP contribution in [0, 0.1) is 0 Å². The summed E-state index contributed by atoms with van der Waals surface area (Å²) < 4.78 is 22.7. The highest BCUT2D eigenvalue weighted by atomic mass is 32.2. The van der Waals surface area contributed by atoms with E-state index in [1.807, 2.05) is 52.8 Å². The maximum Gasteiger partial charge on any atom is 0.338 e. The molecule has 0 aliphatic carbocycles. The molecule has 10 heteroatoms. The van der Waals surface area contributed by atoms with Crippen molar-refractivity contribution in [3.8, 4) is 11.5 Å². The predicted octanol–water partition coefficient (Wildman–Crippen LogP) is 4.66.